The highest BCUT2D eigenvalue weighted by atomic mass is 35.5. The van der Waals surface area contributed by atoms with Gasteiger partial charge >= 0.3 is 0 Å². The summed E-state index contributed by atoms with van der Waals surface area (Å²) in [5, 5.41) is 3.32. The summed E-state index contributed by atoms with van der Waals surface area (Å²) in [4.78, 5) is 19.5. The van der Waals surface area contributed by atoms with Crippen molar-refractivity contribution in [2.75, 3.05) is 5.32 Å². The molecule has 0 aliphatic heterocycles. The second-order valence-electron chi connectivity index (χ2n) is 4.81. The van der Waals surface area contributed by atoms with Crippen molar-refractivity contribution in [1.82, 2.24) is 9.97 Å². The van der Waals surface area contributed by atoms with E-state index in [9.17, 15) is 4.79 Å². The summed E-state index contributed by atoms with van der Waals surface area (Å²) in [5.41, 5.74) is 1.66. The number of rotatable bonds is 4. The maximum atomic E-state index is 12.1. The summed E-state index contributed by atoms with van der Waals surface area (Å²) in [5.74, 6) is 0.698. The van der Waals surface area contributed by atoms with E-state index in [1.165, 1.54) is 0 Å². The molecule has 0 aliphatic carbocycles. The first-order valence-electron chi connectivity index (χ1n) is 6.79. The van der Waals surface area contributed by atoms with E-state index in [2.05, 4.69) is 15.3 Å². The number of carbonyl (C=O) groups is 1. The fourth-order valence-electron chi connectivity index (χ4n) is 2.00. The number of benzene rings is 2. The van der Waals surface area contributed by atoms with Crippen molar-refractivity contribution in [1.29, 1.82) is 0 Å². The third-order valence-corrected chi connectivity index (χ3v) is 3.38. The van der Waals surface area contributed by atoms with Gasteiger partial charge in [-0.25, -0.2) is 4.98 Å². The van der Waals surface area contributed by atoms with Crippen molar-refractivity contribution in [3.8, 4) is 5.75 Å². The zero-order valence-corrected chi connectivity index (χ0v) is 12.6. The van der Waals surface area contributed by atoms with Gasteiger partial charge in [0.1, 0.15) is 5.75 Å². The van der Waals surface area contributed by atoms with Crippen LogP contribution in [-0.2, 0) is 4.79 Å². The van der Waals surface area contributed by atoms with Gasteiger partial charge in [0.05, 0.1) is 11.0 Å². The molecule has 1 unspecified atom stereocenters. The number of nitrogens with zero attached hydrogens (tertiary/aromatic N) is 1. The Bertz CT molecular complexity index is 766. The number of fused-ring (bicyclic) bond motifs is 1. The Morgan fingerprint density at radius 3 is 2.68 bits per heavy atom. The third-order valence-electron chi connectivity index (χ3n) is 3.13. The van der Waals surface area contributed by atoms with E-state index in [1.54, 1.807) is 31.2 Å². The Balaban J connectivity index is 1.66. The Kier molecular flexibility index (Phi) is 3.98. The van der Waals surface area contributed by atoms with Crippen LogP contribution in [0.3, 0.4) is 0 Å². The molecule has 0 radical (unpaired) electrons. The fourth-order valence-corrected chi connectivity index (χ4v) is 2.13. The molecule has 22 heavy (non-hydrogen) atoms. The summed E-state index contributed by atoms with van der Waals surface area (Å²) in [6.07, 6.45) is -0.658. The number of anilines is 1. The first-order chi connectivity index (χ1) is 10.6. The second-order valence-corrected chi connectivity index (χ2v) is 5.24. The number of nitrogens with one attached hydrogen (secondary N) is 2. The molecule has 5 nitrogen and oxygen atoms in total. The molecule has 1 amide bonds. The molecule has 0 bridgehead atoms. The SMILES string of the molecule is CC(Oc1ccc(Cl)cc1)C(=O)Nc1nc2ccccc2[nH]1. The van der Waals surface area contributed by atoms with Crippen LogP contribution >= 0.6 is 11.6 Å². The summed E-state index contributed by atoms with van der Waals surface area (Å²) in [7, 11) is 0. The molecule has 0 saturated heterocycles. The smallest absolute Gasteiger partial charge is 0.267 e. The van der Waals surface area contributed by atoms with Crippen LogP contribution in [0.15, 0.2) is 48.5 Å². The number of para-hydroxylation sites is 2. The van der Waals surface area contributed by atoms with Crippen molar-refractivity contribution in [2.45, 2.75) is 13.0 Å². The Labute approximate surface area is 132 Å². The predicted molar refractivity (Wildman–Crippen MR) is 86.3 cm³/mol. The van der Waals surface area contributed by atoms with Crippen molar-refractivity contribution in [2.24, 2.45) is 0 Å². The number of hydrogen-bond acceptors (Lipinski definition) is 3. The monoisotopic (exact) mass is 315 g/mol. The molecular weight excluding hydrogens is 302 g/mol. The summed E-state index contributed by atoms with van der Waals surface area (Å²) >= 11 is 5.81. The second kappa shape index (κ2) is 6.07. The minimum Gasteiger partial charge on any atom is -0.481 e. The number of carbonyl (C=O) groups excluding carboxylic acids is 1. The van der Waals surface area contributed by atoms with E-state index in [-0.39, 0.29) is 5.91 Å². The molecule has 2 N–H and O–H groups in total. The van der Waals surface area contributed by atoms with Crippen LogP contribution in [-0.4, -0.2) is 22.0 Å². The quantitative estimate of drug-likeness (QED) is 0.772. The van der Waals surface area contributed by atoms with Gasteiger partial charge in [-0.15, -0.1) is 0 Å². The van der Waals surface area contributed by atoms with Crippen LogP contribution in [0.4, 0.5) is 5.95 Å². The lowest BCUT2D eigenvalue weighted by Crippen LogP contribution is -2.30. The molecule has 0 fully saturated rings. The highest BCUT2D eigenvalue weighted by molar-refractivity contribution is 6.30. The number of amides is 1. The van der Waals surface area contributed by atoms with Gasteiger partial charge in [0.2, 0.25) is 5.95 Å². The van der Waals surface area contributed by atoms with E-state index in [1.807, 2.05) is 24.3 Å². The lowest BCUT2D eigenvalue weighted by molar-refractivity contribution is -0.122. The van der Waals surface area contributed by atoms with Gasteiger partial charge < -0.3 is 9.72 Å². The third kappa shape index (κ3) is 3.20. The van der Waals surface area contributed by atoms with Crippen molar-refractivity contribution in [3.63, 3.8) is 0 Å². The van der Waals surface area contributed by atoms with E-state index < -0.39 is 6.10 Å². The lowest BCUT2D eigenvalue weighted by Gasteiger charge is -2.13. The summed E-state index contributed by atoms with van der Waals surface area (Å²) in [6, 6.07) is 14.4. The van der Waals surface area contributed by atoms with E-state index in [4.69, 9.17) is 16.3 Å². The highest BCUT2D eigenvalue weighted by Crippen LogP contribution is 2.18. The summed E-state index contributed by atoms with van der Waals surface area (Å²) in [6.45, 7) is 1.67. The van der Waals surface area contributed by atoms with Gasteiger partial charge in [0, 0.05) is 5.02 Å². The summed E-state index contributed by atoms with van der Waals surface area (Å²) < 4.78 is 5.57. The van der Waals surface area contributed by atoms with E-state index in [0.717, 1.165) is 11.0 Å². The number of H-pyrrole nitrogens is 1. The molecule has 0 aliphatic rings. The Morgan fingerprint density at radius 1 is 1.23 bits per heavy atom. The van der Waals surface area contributed by atoms with E-state index >= 15 is 0 Å². The Hall–Kier alpha value is -2.53. The van der Waals surface area contributed by atoms with Crippen LogP contribution in [0, 0.1) is 0 Å². The molecule has 3 rings (SSSR count). The minimum atomic E-state index is -0.658. The number of imidazole rings is 1. The average molecular weight is 316 g/mol. The fraction of sp³-hybridized carbons (Fsp3) is 0.125. The molecule has 1 heterocycles. The molecule has 0 saturated carbocycles. The predicted octanol–water partition coefficient (Wildman–Crippen LogP) is 3.62. The van der Waals surface area contributed by atoms with Crippen molar-refractivity contribution >= 4 is 34.5 Å². The zero-order chi connectivity index (χ0) is 15.5. The number of aromatic nitrogens is 2. The van der Waals surface area contributed by atoms with Crippen LogP contribution in [0.1, 0.15) is 6.92 Å². The van der Waals surface area contributed by atoms with Crippen LogP contribution in [0.2, 0.25) is 5.02 Å². The zero-order valence-electron chi connectivity index (χ0n) is 11.8. The normalized spacial score (nSPS) is 12.1. The topological polar surface area (TPSA) is 67.0 Å². The first-order valence-corrected chi connectivity index (χ1v) is 7.17. The van der Waals surface area contributed by atoms with Gasteiger partial charge in [-0.2, -0.15) is 0 Å². The van der Waals surface area contributed by atoms with Gasteiger partial charge in [-0.3, -0.25) is 10.1 Å². The molecule has 6 heteroatoms. The minimum absolute atomic E-state index is 0.283. The molecular formula is C16H14ClN3O2. The highest BCUT2D eigenvalue weighted by Gasteiger charge is 2.16. The largest absolute Gasteiger partial charge is 0.481 e. The molecule has 2 aromatic carbocycles. The molecule has 1 atom stereocenters. The van der Waals surface area contributed by atoms with E-state index in [0.29, 0.717) is 16.7 Å². The first kappa shape index (κ1) is 14.4. The van der Waals surface area contributed by atoms with Crippen LogP contribution in [0.25, 0.3) is 11.0 Å². The molecule has 3 aromatic rings. The average Bonchev–Trinajstić information content (AvgIpc) is 2.91. The van der Waals surface area contributed by atoms with Gasteiger partial charge in [-0.1, -0.05) is 23.7 Å². The number of aromatic amines is 1. The van der Waals surface area contributed by atoms with Gasteiger partial charge in [0.25, 0.3) is 5.91 Å². The van der Waals surface area contributed by atoms with Crippen molar-refractivity contribution in [3.05, 3.63) is 53.6 Å². The maximum Gasteiger partial charge on any atom is 0.267 e. The van der Waals surface area contributed by atoms with Crippen LogP contribution in [0.5, 0.6) is 5.75 Å². The number of halogens is 1. The van der Waals surface area contributed by atoms with Gasteiger partial charge in [0.15, 0.2) is 6.10 Å². The Morgan fingerprint density at radius 2 is 1.95 bits per heavy atom. The number of hydrogen-bond donors (Lipinski definition) is 2. The lowest BCUT2D eigenvalue weighted by atomic mass is 10.3. The van der Waals surface area contributed by atoms with Crippen molar-refractivity contribution < 1.29 is 9.53 Å². The molecule has 0 spiro atoms. The maximum absolute atomic E-state index is 12.1. The standard InChI is InChI=1S/C16H14ClN3O2/c1-10(22-12-8-6-11(17)7-9-12)15(21)20-16-18-13-4-2-3-5-14(13)19-16/h2-10H,1H3,(H2,18,19,20,21). The molecule has 1 aromatic heterocycles. The number of ether oxygens (including phenoxy) is 1. The van der Waals surface area contributed by atoms with Crippen LogP contribution < -0.4 is 10.1 Å². The molecule has 112 valence electrons. The van der Waals surface area contributed by atoms with Gasteiger partial charge in [-0.05, 0) is 43.3 Å².